The molecule has 1 atom stereocenters. The Morgan fingerprint density at radius 3 is 2.44 bits per heavy atom. The third kappa shape index (κ3) is 1.09. The maximum atomic E-state index is 5.34. The molecule has 0 amide bonds. The van der Waals surface area contributed by atoms with Crippen LogP contribution in [0.25, 0.3) is 0 Å². The van der Waals surface area contributed by atoms with Crippen molar-refractivity contribution in [3.63, 3.8) is 0 Å². The fourth-order valence-corrected chi connectivity index (χ4v) is 1.48. The smallest absolute Gasteiger partial charge is 0.150 e. The van der Waals surface area contributed by atoms with Crippen LogP contribution in [0.15, 0.2) is 0 Å². The van der Waals surface area contributed by atoms with Crippen molar-refractivity contribution in [2.45, 2.75) is 18.9 Å². The molecule has 1 aliphatic heterocycles. The number of likely N-dealkylation sites (tertiary alicyclic amines) is 1. The highest BCUT2D eigenvalue weighted by Gasteiger charge is 2.31. The summed E-state index contributed by atoms with van der Waals surface area (Å²) in [6.45, 7) is 1.24. The van der Waals surface area contributed by atoms with Crippen LogP contribution in [0.5, 0.6) is 0 Å². The molecular formula is C8H14N+. The largest absolute Gasteiger partial charge is 0.316 e. The van der Waals surface area contributed by atoms with E-state index in [1.54, 1.807) is 0 Å². The summed E-state index contributed by atoms with van der Waals surface area (Å²) in [4.78, 5) is 0. The number of rotatable bonds is 0. The Labute approximate surface area is 57.3 Å². The van der Waals surface area contributed by atoms with Crippen LogP contribution in [0, 0.1) is 12.3 Å². The maximum Gasteiger partial charge on any atom is 0.150 e. The van der Waals surface area contributed by atoms with Crippen LogP contribution in [0.3, 0.4) is 0 Å². The van der Waals surface area contributed by atoms with Gasteiger partial charge in [-0.15, -0.1) is 6.42 Å². The summed E-state index contributed by atoms with van der Waals surface area (Å²) in [7, 11) is 4.41. The van der Waals surface area contributed by atoms with E-state index in [0.717, 1.165) is 4.48 Å². The van der Waals surface area contributed by atoms with E-state index in [1.165, 1.54) is 19.4 Å². The average molecular weight is 124 g/mol. The average Bonchev–Trinajstić information content (AvgIpc) is 2.08. The molecule has 0 spiro atoms. The first-order chi connectivity index (χ1) is 4.17. The fourth-order valence-electron chi connectivity index (χ4n) is 1.48. The fraction of sp³-hybridized carbons (Fsp3) is 0.750. The number of quaternary nitrogens is 1. The van der Waals surface area contributed by atoms with Gasteiger partial charge in [-0.05, 0) is 5.92 Å². The molecule has 1 saturated heterocycles. The highest BCUT2D eigenvalue weighted by atomic mass is 15.3. The minimum Gasteiger partial charge on any atom is -0.316 e. The molecule has 0 aromatic carbocycles. The minimum atomic E-state index is 0.477. The number of nitrogens with zero attached hydrogens (tertiary/aromatic N) is 1. The summed E-state index contributed by atoms with van der Waals surface area (Å²) >= 11 is 0. The lowest BCUT2D eigenvalue weighted by atomic mass is 10.2. The zero-order chi connectivity index (χ0) is 6.91. The predicted molar refractivity (Wildman–Crippen MR) is 38.8 cm³/mol. The third-order valence-corrected chi connectivity index (χ3v) is 2.25. The van der Waals surface area contributed by atoms with E-state index in [0.29, 0.717) is 6.04 Å². The highest BCUT2D eigenvalue weighted by Crippen LogP contribution is 2.20. The van der Waals surface area contributed by atoms with Gasteiger partial charge in [-0.2, -0.15) is 0 Å². The quantitative estimate of drug-likeness (QED) is 0.332. The Balaban J connectivity index is 2.65. The van der Waals surface area contributed by atoms with E-state index >= 15 is 0 Å². The molecule has 1 unspecified atom stereocenters. The van der Waals surface area contributed by atoms with Crippen molar-refractivity contribution < 1.29 is 4.48 Å². The van der Waals surface area contributed by atoms with E-state index < -0.39 is 0 Å². The van der Waals surface area contributed by atoms with E-state index in [-0.39, 0.29) is 0 Å². The molecule has 1 nitrogen and oxygen atoms in total. The standard InChI is InChI=1S/C8H14N/c1-4-8-6-5-7-9(8,2)3/h1,8H,5-7H2,2-3H3/q+1. The molecule has 9 heavy (non-hydrogen) atoms. The van der Waals surface area contributed by atoms with Crippen LogP contribution in [-0.2, 0) is 0 Å². The Kier molecular flexibility index (Phi) is 1.50. The van der Waals surface area contributed by atoms with Gasteiger partial charge in [-0.3, -0.25) is 0 Å². The molecule has 0 bridgehead atoms. The van der Waals surface area contributed by atoms with Gasteiger partial charge >= 0.3 is 0 Å². The SMILES string of the molecule is C#CC1CCC[N+]1(C)C. The van der Waals surface area contributed by atoms with Gasteiger partial charge in [0.05, 0.1) is 20.6 Å². The molecule has 0 N–H and O–H groups in total. The van der Waals surface area contributed by atoms with Crippen LogP contribution in [0.2, 0.25) is 0 Å². The van der Waals surface area contributed by atoms with Crippen molar-refractivity contribution >= 4 is 0 Å². The van der Waals surface area contributed by atoms with Gasteiger partial charge in [0.2, 0.25) is 0 Å². The van der Waals surface area contributed by atoms with Gasteiger partial charge in [0, 0.05) is 12.8 Å². The monoisotopic (exact) mass is 124 g/mol. The molecule has 1 aliphatic rings. The highest BCUT2D eigenvalue weighted by molar-refractivity contribution is 4.96. The summed E-state index contributed by atoms with van der Waals surface area (Å²) < 4.78 is 1.02. The van der Waals surface area contributed by atoms with Crippen LogP contribution in [0.1, 0.15) is 12.8 Å². The summed E-state index contributed by atoms with van der Waals surface area (Å²) in [6, 6.07) is 0.477. The Morgan fingerprint density at radius 1 is 1.56 bits per heavy atom. The molecule has 0 aromatic heterocycles. The van der Waals surface area contributed by atoms with E-state index in [4.69, 9.17) is 6.42 Å². The lowest BCUT2D eigenvalue weighted by Crippen LogP contribution is -2.42. The number of hydrogen-bond acceptors (Lipinski definition) is 0. The lowest BCUT2D eigenvalue weighted by molar-refractivity contribution is -0.894. The van der Waals surface area contributed by atoms with Crippen LogP contribution in [0.4, 0.5) is 0 Å². The lowest BCUT2D eigenvalue weighted by Gasteiger charge is -2.27. The minimum absolute atomic E-state index is 0.477. The number of terminal acetylenes is 1. The maximum absolute atomic E-state index is 5.34. The van der Waals surface area contributed by atoms with Gasteiger partial charge in [0.15, 0.2) is 6.04 Å². The second-order valence-electron chi connectivity index (χ2n) is 3.33. The topological polar surface area (TPSA) is 0 Å². The van der Waals surface area contributed by atoms with Gasteiger partial charge in [-0.25, -0.2) is 0 Å². The molecule has 1 rings (SSSR count). The van der Waals surface area contributed by atoms with Crippen LogP contribution in [-0.4, -0.2) is 31.2 Å². The van der Waals surface area contributed by atoms with Crippen molar-refractivity contribution in [3.05, 3.63) is 0 Å². The molecular weight excluding hydrogens is 110 g/mol. The normalized spacial score (nSPS) is 31.9. The van der Waals surface area contributed by atoms with Crippen molar-refractivity contribution in [2.75, 3.05) is 20.6 Å². The summed E-state index contributed by atoms with van der Waals surface area (Å²) in [5.41, 5.74) is 0. The molecule has 0 radical (unpaired) electrons. The Morgan fingerprint density at radius 2 is 2.22 bits per heavy atom. The first kappa shape index (κ1) is 6.64. The summed E-state index contributed by atoms with van der Waals surface area (Å²) in [5.74, 6) is 2.83. The van der Waals surface area contributed by atoms with Gasteiger partial charge in [0.1, 0.15) is 0 Å². The molecule has 0 aliphatic carbocycles. The van der Waals surface area contributed by atoms with E-state index in [1.807, 2.05) is 0 Å². The summed E-state index contributed by atoms with van der Waals surface area (Å²) in [5, 5.41) is 0. The molecule has 50 valence electrons. The van der Waals surface area contributed by atoms with Crippen molar-refractivity contribution in [3.8, 4) is 12.3 Å². The molecule has 1 heteroatoms. The van der Waals surface area contributed by atoms with Crippen molar-refractivity contribution in [2.24, 2.45) is 0 Å². The Bertz CT molecular complexity index is 141. The van der Waals surface area contributed by atoms with Crippen LogP contribution >= 0.6 is 0 Å². The molecule has 1 fully saturated rings. The molecule has 0 saturated carbocycles. The molecule has 0 aromatic rings. The van der Waals surface area contributed by atoms with Crippen molar-refractivity contribution in [1.82, 2.24) is 0 Å². The summed E-state index contributed by atoms with van der Waals surface area (Å²) in [6.07, 6.45) is 7.85. The second-order valence-corrected chi connectivity index (χ2v) is 3.33. The first-order valence-electron chi connectivity index (χ1n) is 3.45. The first-order valence-corrected chi connectivity index (χ1v) is 3.45. The predicted octanol–water partition coefficient (Wildman–Crippen LogP) is 0.858. The van der Waals surface area contributed by atoms with Gasteiger partial charge in [0.25, 0.3) is 0 Å². The third-order valence-electron chi connectivity index (χ3n) is 2.25. The Hall–Kier alpha value is -0.480. The second kappa shape index (κ2) is 2.04. The zero-order valence-corrected chi connectivity index (χ0v) is 6.22. The van der Waals surface area contributed by atoms with E-state index in [2.05, 4.69) is 20.0 Å². The number of hydrogen-bond donors (Lipinski definition) is 0. The van der Waals surface area contributed by atoms with Gasteiger partial charge in [-0.1, -0.05) is 0 Å². The van der Waals surface area contributed by atoms with Crippen LogP contribution < -0.4 is 0 Å². The van der Waals surface area contributed by atoms with Gasteiger partial charge < -0.3 is 4.48 Å². The van der Waals surface area contributed by atoms with E-state index in [9.17, 15) is 0 Å². The zero-order valence-electron chi connectivity index (χ0n) is 6.22. The molecule has 1 heterocycles. The van der Waals surface area contributed by atoms with Crippen molar-refractivity contribution in [1.29, 1.82) is 0 Å².